The zero-order valence-corrected chi connectivity index (χ0v) is 11.2. The highest BCUT2D eigenvalue weighted by Crippen LogP contribution is 2.06. The molecule has 0 radical (unpaired) electrons. The Morgan fingerprint density at radius 2 is 2.26 bits per heavy atom. The molecule has 0 bridgehead atoms. The van der Waals surface area contributed by atoms with Crippen LogP contribution in [0.2, 0.25) is 0 Å². The van der Waals surface area contributed by atoms with Gasteiger partial charge in [-0.1, -0.05) is 35.6 Å². The first-order valence-corrected chi connectivity index (χ1v) is 6.07. The summed E-state index contributed by atoms with van der Waals surface area (Å²) in [4.78, 5) is 12.1. The molecule has 3 N–H and O–H groups in total. The molecule has 1 heterocycles. The third kappa shape index (κ3) is 3.38. The summed E-state index contributed by atoms with van der Waals surface area (Å²) in [6.07, 6.45) is 0. The lowest BCUT2D eigenvalue weighted by molar-refractivity contribution is 0.0914. The van der Waals surface area contributed by atoms with Gasteiger partial charge in [-0.25, -0.2) is 0 Å². The van der Waals surface area contributed by atoms with Crippen LogP contribution in [0.5, 0.6) is 0 Å². The highest BCUT2D eigenvalue weighted by molar-refractivity contribution is 7.80. The normalized spacial score (nSPS) is 10.2. The molecule has 0 unspecified atom stereocenters. The molecule has 5 nitrogen and oxygen atoms in total. The lowest BCUT2D eigenvalue weighted by Crippen LogP contribution is -2.22. The Kier molecular flexibility index (Phi) is 3.91. The van der Waals surface area contributed by atoms with Gasteiger partial charge in [-0.2, -0.15) is 0 Å². The maximum absolute atomic E-state index is 11.8. The van der Waals surface area contributed by atoms with Gasteiger partial charge in [-0.3, -0.25) is 4.79 Å². The van der Waals surface area contributed by atoms with Crippen LogP contribution in [-0.4, -0.2) is 16.1 Å². The highest BCUT2D eigenvalue weighted by atomic mass is 32.1. The summed E-state index contributed by atoms with van der Waals surface area (Å²) in [5, 5.41) is 6.40. The quantitative estimate of drug-likeness (QED) is 0.827. The minimum Gasteiger partial charge on any atom is -0.389 e. The average Bonchev–Trinajstić information content (AvgIpc) is 2.83. The van der Waals surface area contributed by atoms with Crippen molar-refractivity contribution in [3.63, 3.8) is 0 Å². The molecule has 0 saturated heterocycles. The molecule has 2 aromatic rings. The number of aromatic nitrogens is 1. The lowest BCUT2D eigenvalue weighted by Gasteiger charge is -2.05. The van der Waals surface area contributed by atoms with Gasteiger partial charge in [-0.05, 0) is 18.6 Å². The van der Waals surface area contributed by atoms with Crippen molar-refractivity contribution < 1.29 is 9.32 Å². The maximum atomic E-state index is 11.8. The van der Waals surface area contributed by atoms with Gasteiger partial charge >= 0.3 is 0 Å². The molecule has 6 heteroatoms. The average molecular weight is 275 g/mol. The molecule has 1 aromatic carbocycles. The molecule has 2 rings (SSSR count). The molecule has 0 aliphatic heterocycles. The number of benzene rings is 1. The first-order valence-electron chi connectivity index (χ1n) is 5.66. The predicted molar refractivity (Wildman–Crippen MR) is 74.7 cm³/mol. The summed E-state index contributed by atoms with van der Waals surface area (Å²) in [6.45, 7) is 2.13. The monoisotopic (exact) mass is 275 g/mol. The number of hydrogen-bond donors (Lipinski definition) is 2. The molecule has 0 spiro atoms. The summed E-state index contributed by atoms with van der Waals surface area (Å²) in [6, 6.07) is 8.98. The van der Waals surface area contributed by atoms with Gasteiger partial charge in [-0.15, -0.1) is 0 Å². The van der Waals surface area contributed by atoms with E-state index in [-0.39, 0.29) is 11.7 Å². The van der Waals surface area contributed by atoms with Crippen molar-refractivity contribution in [1.82, 2.24) is 10.5 Å². The maximum Gasteiger partial charge on any atom is 0.290 e. The van der Waals surface area contributed by atoms with Crippen molar-refractivity contribution in [2.24, 2.45) is 5.73 Å². The van der Waals surface area contributed by atoms with Gasteiger partial charge in [0.15, 0.2) is 0 Å². The molecule has 1 aromatic heterocycles. The number of nitrogens with one attached hydrogen (secondary N) is 1. The smallest absolute Gasteiger partial charge is 0.290 e. The van der Waals surface area contributed by atoms with Gasteiger partial charge in [0.25, 0.3) is 5.91 Å². The zero-order chi connectivity index (χ0) is 13.8. The number of carbonyl (C=O) groups is 1. The highest BCUT2D eigenvalue weighted by Gasteiger charge is 2.10. The van der Waals surface area contributed by atoms with Crippen LogP contribution in [0, 0.1) is 6.92 Å². The number of aryl methyl sites for hydroxylation is 1. The van der Waals surface area contributed by atoms with Gasteiger partial charge in [0.2, 0.25) is 5.76 Å². The molecule has 19 heavy (non-hydrogen) atoms. The van der Waals surface area contributed by atoms with Gasteiger partial charge in [0.05, 0.1) is 5.69 Å². The van der Waals surface area contributed by atoms with Crippen LogP contribution in [-0.2, 0) is 6.54 Å². The van der Waals surface area contributed by atoms with Crippen molar-refractivity contribution in [2.45, 2.75) is 13.5 Å². The summed E-state index contributed by atoms with van der Waals surface area (Å²) in [5.41, 5.74) is 7.91. The van der Waals surface area contributed by atoms with E-state index < -0.39 is 0 Å². The number of thiocarbonyl (C=S) groups is 1. The Balaban J connectivity index is 2.01. The van der Waals surface area contributed by atoms with E-state index in [9.17, 15) is 4.79 Å². The topological polar surface area (TPSA) is 81.2 Å². The van der Waals surface area contributed by atoms with Gasteiger partial charge in [0.1, 0.15) is 4.99 Å². The SMILES string of the molecule is Cc1cc(C(=O)NCc2cccc(C(N)=S)c2)on1. The second-order valence-corrected chi connectivity index (χ2v) is 4.52. The van der Waals surface area contributed by atoms with Crippen LogP contribution < -0.4 is 11.1 Å². The Morgan fingerprint density at radius 3 is 2.89 bits per heavy atom. The molecule has 0 saturated carbocycles. The molecule has 0 fully saturated rings. The van der Waals surface area contributed by atoms with Crippen molar-refractivity contribution in [3.8, 4) is 0 Å². The van der Waals surface area contributed by atoms with Crippen molar-refractivity contribution in [3.05, 3.63) is 52.9 Å². The van der Waals surface area contributed by atoms with E-state index in [0.29, 0.717) is 17.2 Å². The Hall–Kier alpha value is -2.21. The molecule has 0 atom stereocenters. The fraction of sp³-hybridized carbons (Fsp3) is 0.154. The number of carbonyl (C=O) groups excluding carboxylic acids is 1. The van der Waals surface area contributed by atoms with Gasteiger partial charge in [0, 0.05) is 18.2 Å². The summed E-state index contributed by atoms with van der Waals surface area (Å²) in [5.74, 6) is -0.107. The van der Waals surface area contributed by atoms with E-state index in [4.69, 9.17) is 22.5 Å². The van der Waals surface area contributed by atoms with Crippen LogP contribution in [0.4, 0.5) is 0 Å². The first-order chi connectivity index (χ1) is 9.06. The Morgan fingerprint density at radius 1 is 1.47 bits per heavy atom. The van der Waals surface area contributed by atoms with E-state index in [1.807, 2.05) is 24.3 Å². The Labute approximate surface area is 115 Å². The number of nitrogens with two attached hydrogens (primary N) is 1. The van der Waals surface area contributed by atoms with Crippen molar-refractivity contribution in [1.29, 1.82) is 0 Å². The third-order valence-corrected chi connectivity index (χ3v) is 2.75. The van der Waals surface area contributed by atoms with E-state index in [2.05, 4.69) is 10.5 Å². The minimum atomic E-state index is -0.304. The minimum absolute atomic E-state index is 0.197. The molecule has 0 aliphatic carbocycles. The fourth-order valence-electron chi connectivity index (χ4n) is 1.57. The lowest BCUT2D eigenvalue weighted by atomic mass is 10.1. The number of nitrogens with zero attached hydrogens (tertiary/aromatic N) is 1. The van der Waals surface area contributed by atoms with E-state index in [1.54, 1.807) is 13.0 Å². The van der Waals surface area contributed by atoms with Crippen LogP contribution >= 0.6 is 12.2 Å². The van der Waals surface area contributed by atoms with Gasteiger partial charge < -0.3 is 15.6 Å². The first kappa shape index (κ1) is 13.2. The third-order valence-electron chi connectivity index (χ3n) is 2.52. The molecule has 1 amide bonds. The summed E-state index contributed by atoms with van der Waals surface area (Å²) < 4.78 is 4.87. The van der Waals surface area contributed by atoms with E-state index >= 15 is 0 Å². The van der Waals surface area contributed by atoms with Crippen LogP contribution in [0.15, 0.2) is 34.9 Å². The molecular formula is C13H13N3O2S. The van der Waals surface area contributed by atoms with E-state index in [0.717, 1.165) is 11.1 Å². The number of rotatable bonds is 4. The predicted octanol–water partition coefficient (Wildman–Crippen LogP) is 1.55. The number of amides is 1. The zero-order valence-electron chi connectivity index (χ0n) is 10.3. The van der Waals surface area contributed by atoms with E-state index in [1.165, 1.54) is 0 Å². The van der Waals surface area contributed by atoms with Crippen LogP contribution in [0.1, 0.15) is 27.4 Å². The van der Waals surface area contributed by atoms with Crippen LogP contribution in [0.3, 0.4) is 0 Å². The summed E-state index contributed by atoms with van der Waals surface area (Å²) in [7, 11) is 0. The van der Waals surface area contributed by atoms with Crippen LogP contribution in [0.25, 0.3) is 0 Å². The molecular weight excluding hydrogens is 262 g/mol. The second kappa shape index (κ2) is 5.62. The van der Waals surface area contributed by atoms with Crippen molar-refractivity contribution >= 4 is 23.1 Å². The number of hydrogen-bond acceptors (Lipinski definition) is 4. The molecule has 0 aliphatic rings. The summed E-state index contributed by atoms with van der Waals surface area (Å²) >= 11 is 4.90. The molecule has 98 valence electrons. The second-order valence-electron chi connectivity index (χ2n) is 4.08. The largest absolute Gasteiger partial charge is 0.389 e. The fourth-order valence-corrected chi connectivity index (χ4v) is 1.70. The standard InChI is InChI=1S/C13H13N3O2S/c1-8-5-11(18-16-8)13(17)15-7-9-3-2-4-10(6-9)12(14)19/h2-6H,7H2,1H3,(H2,14,19)(H,15,17). The Bertz CT molecular complexity index is 622. The van der Waals surface area contributed by atoms with Crippen molar-refractivity contribution in [2.75, 3.05) is 0 Å².